The third kappa shape index (κ3) is 5.26. The first kappa shape index (κ1) is 19.4. The van der Waals surface area contributed by atoms with Crippen LogP contribution in [0.2, 0.25) is 0 Å². The van der Waals surface area contributed by atoms with Gasteiger partial charge in [-0.1, -0.05) is 44.2 Å². The number of hydrogen-bond donors (Lipinski definition) is 0. The van der Waals surface area contributed by atoms with Gasteiger partial charge in [-0.3, -0.25) is 4.79 Å². The summed E-state index contributed by atoms with van der Waals surface area (Å²) in [5.74, 6) is 0.962. The van der Waals surface area contributed by atoms with E-state index in [0.717, 1.165) is 37.2 Å². The molecule has 0 atom stereocenters. The first-order valence-electron chi connectivity index (χ1n) is 8.56. The lowest BCUT2D eigenvalue weighted by Gasteiger charge is -2.21. The normalized spacial score (nSPS) is 10.6. The Morgan fingerprint density at radius 1 is 1.12 bits per heavy atom. The molecule has 0 unspecified atom stereocenters. The zero-order chi connectivity index (χ0) is 18.2. The molecule has 2 aromatic rings. The number of hydrogen-bond acceptors (Lipinski definition) is 4. The Labute approximate surface area is 157 Å². The van der Waals surface area contributed by atoms with Gasteiger partial charge in [-0.2, -0.15) is 4.98 Å². The first-order valence-corrected chi connectivity index (χ1v) is 9.36. The SMILES string of the molecule is CCCN(CCC)C(=O)COc1nc(-c2ccccc2)nc(C)c1Br. The van der Waals surface area contributed by atoms with Crippen molar-refractivity contribution in [2.24, 2.45) is 0 Å². The lowest BCUT2D eigenvalue weighted by molar-refractivity contribution is -0.133. The maximum Gasteiger partial charge on any atom is 0.260 e. The van der Waals surface area contributed by atoms with Crippen molar-refractivity contribution >= 4 is 21.8 Å². The highest BCUT2D eigenvalue weighted by Gasteiger charge is 2.16. The molecule has 1 heterocycles. The van der Waals surface area contributed by atoms with E-state index in [1.807, 2.05) is 42.2 Å². The molecule has 0 aliphatic carbocycles. The van der Waals surface area contributed by atoms with Crippen LogP contribution in [0.4, 0.5) is 0 Å². The van der Waals surface area contributed by atoms with E-state index in [4.69, 9.17) is 4.74 Å². The predicted molar refractivity (Wildman–Crippen MR) is 103 cm³/mol. The number of benzene rings is 1. The molecule has 0 aliphatic rings. The molecular formula is C19H24BrN3O2. The Morgan fingerprint density at radius 3 is 2.36 bits per heavy atom. The summed E-state index contributed by atoms with van der Waals surface area (Å²) in [7, 11) is 0. The molecule has 1 aromatic heterocycles. The number of halogens is 1. The highest BCUT2D eigenvalue weighted by Crippen LogP contribution is 2.28. The number of aromatic nitrogens is 2. The Hall–Kier alpha value is -1.95. The van der Waals surface area contributed by atoms with Crippen molar-refractivity contribution in [3.8, 4) is 17.3 Å². The van der Waals surface area contributed by atoms with Crippen molar-refractivity contribution in [1.82, 2.24) is 14.9 Å². The number of amides is 1. The Bertz CT molecular complexity index is 701. The van der Waals surface area contributed by atoms with Crippen molar-refractivity contribution in [1.29, 1.82) is 0 Å². The second-order valence-electron chi connectivity index (χ2n) is 5.79. The first-order chi connectivity index (χ1) is 12.1. The van der Waals surface area contributed by atoms with Crippen LogP contribution >= 0.6 is 15.9 Å². The van der Waals surface area contributed by atoms with Crippen molar-refractivity contribution in [2.45, 2.75) is 33.6 Å². The van der Waals surface area contributed by atoms with Crippen LogP contribution in [-0.4, -0.2) is 40.5 Å². The molecule has 0 radical (unpaired) electrons. The van der Waals surface area contributed by atoms with Crippen molar-refractivity contribution in [3.05, 3.63) is 40.5 Å². The molecule has 6 heteroatoms. The second-order valence-corrected chi connectivity index (χ2v) is 6.58. The number of rotatable bonds is 8. The summed E-state index contributed by atoms with van der Waals surface area (Å²) in [6, 6.07) is 9.71. The zero-order valence-corrected chi connectivity index (χ0v) is 16.5. The highest BCUT2D eigenvalue weighted by atomic mass is 79.9. The molecule has 0 N–H and O–H groups in total. The van der Waals surface area contributed by atoms with Gasteiger partial charge in [0, 0.05) is 18.7 Å². The molecule has 0 fully saturated rings. The third-order valence-corrected chi connectivity index (χ3v) is 4.60. The van der Waals surface area contributed by atoms with Crippen molar-refractivity contribution in [2.75, 3.05) is 19.7 Å². The zero-order valence-electron chi connectivity index (χ0n) is 15.0. The molecule has 134 valence electrons. The molecule has 1 aromatic carbocycles. The lowest BCUT2D eigenvalue weighted by atomic mass is 10.2. The third-order valence-electron chi connectivity index (χ3n) is 3.69. The second kappa shape index (κ2) is 9.51. The van der Waals surface area contributed by atoms with Gasteiger partial charge in [0.15, 0.2) is 12.4 Å². The summed E-state index contributed by atoms with van der Waals surface area (Å²) < 4.78 is 6.40. The summed E-state index contributed by atoms with van der Waals surface area (Å²) in [5.41, 5.74) is 1.68. The average Bonchev–Trinajstić information content (AvgIpc) is 2.63. The van der Waals surface area contributed by atoms with Gasteiger partial charge < -0.3 is 9.64 Å². The molecule has 5 nitrogen and oxygen atoms in total. The van der Waals surface area contributed by atoms with Gasteiger partial charge in [-0.25, -0.2) is 4.98 Å². The highest BCUT2D eigenvalue weighted by molar-refractivity contribution is 9.10. The number of aryl methyl sites for hydroxylation is 1. The Morgan fingerprint density at radius 2 is 1.76 bits per heavy atom. The fraction of sp³-hybridized carbons (Fsp3) is 0.421. The molecule has 0 aliphatic heterocycles. The van der Waals surface area contributed by atoms with Gasteiger partial charge in [-0.05, 0) is 35.7 Å². The van der Waals surface area contributed by atoms with Crippen LogP contribution in [-0.2, 0) is 4.79 Å². The van der Waals surface area contributed by atoms with E-state index < -0.39 is 0 Å². The van der Waals surface area contributed by atoms with E-state index >= 15 is 0 Å². The molecule has 0 spiro atoms. The predicted octanol–water partition coefficient (Wildman–Crippen LogP) is 4.24. The largest absolute Gasteiger partial charge is 0.467 e. The van der Waals surface area contributed by atoms with Crippen LogP contribution in [0.5, 0.6) is 5.88 Å². The van der Waals surface area contributed by atoms with Crippen molar-refractivity contribution in [3.63, 3.8) is 0 Å². The van der Waals surface area contributed by atoms with Crippen LogP contribution in [0.3, 0.4) is 0 Å². The van der Waals surface area contributed by atoms with Crippen LogP contribution in [0.15, 0.2) is 34.8 Å². The summed E-state index contributed by atoms with van der Waals surface area (Å²) in [4.78, 5) is 23.2. The molecule has 2 rings (SSSR count). The van der Waals surface area contributed by atoms with E-state index in [1.165, 1.54) is 0 Å². The molecule has 0 saturated carbocycles. The van der Waals surface area contributed by atoms with Crippen LogP contribution in [0, 0.1) is 6.92 Å². The van der Waals surface area contributed by atoms with Gasteiger partial charge in [0.2, 0.25) is 5.88 Å². The van der Waals surface area contributed by atoms with Crippen LogP contribution in [0.25, 0.3) is 11.4 Å². The van der Waals surface area contributed by atoms with E-state index in [1.54, 1.807) is 0 Å². The smallest absolute Gasteiger partial charge is 0.260 e. The van der Waals surface area contributed by atoms with Gasteiger partial charge >= 0.3 is 0 Å². The number of nitrogens with zero attached hydrogens (tertiary/aromatic N) is 3. The minimum atomic E-state index is -0.0245. The fourth-order valence-electron chi connectivity index (χ4n) is 2.47. The van der Waals surface area contributed by atoms with Crippen LogP contribution < -0.4 is 4.74 Å². The molecule has 0 bridgehead atoms. The minimum absolute atomic E-state index is 0.0203. The number of carbonyl (C=O) groups is 1. The van der Waals surface area contributed by atoms with E-state index in [0.29, 0.717) is 16.2 Å². The maximum atomic E-state index is 12.4. The summed E-state index contributed by atoms with van der Waals surface area (Å²) in [6.07, 6.45) is 1.86. The lowest BCUT2D eigenvalue weighted by Crippen LogP contribution is -2.36. The van der Waals surface area contributed by atoms with Gasteiger partial charge in [0.25, 0.3) is 5.91 Å². The molecule has 0 saturated heterocycles. The van der Waals surface area contributed by atoms with Gasteiger partial charge in [-0.15, -0.1) is 0 Å². The fourth-order valence-corrected chi connectivity index (χ4v) is 2.76. The monoisotopic (exact) mass is 405 g/mol. The Balaban J connectivity index is 2.16. The number of carbonyl (C=O) groups excluding carboxylic acids is 1. The van der Waals surface area contributed by atoms with Gasteiger partial charge in [0.1, 0.15) is 4.47 Å². The topological polar surface area (TPSA) is 55.3 Å². The number of ether oxygens (including phenoxy) is 1. The standard InChI is InChI=1S/C19H24BrN3O2/c1-4-11-23(12-5-2)16(24)13-25-19-17(20)14(3)21-18(22-19)15-9-7-6-8-10-15/h6-10H,4-5,11-13H2,1-3H3. The van der Waals surface area contributed by atoms with Crippen LogP contribution in [0.1, 0.15) is 32.4 Å². The Kier molecular flexibility index (Phi) is 7.37. The van der Waals surface area contributed by atoms with E-state index in [2.05, 4.69) is 39.7 Å². The maximum absolute atomic E-state index is 12.4. The summed E-state index contributed by atoms with van der Waals surface area (Å²) >= 11 is 3.46. The summed E-state index contributed by atoms with van der Waals surface area (Å²) in [6.45, 7) is 7.47. The van der Waals surface area contributed by atoms with Gasteiger partial charge in [0.05, 0.1) is 5.69 Å². The summed E-state index contributed by atoms with van der Waals surface area (Å²) in [5, 5.41) is 0. The van der Waals surface area contributed by atoms with E-state index in [9.17, 15) is 4.79 Å². The minimum Gasteiger partial charge on any atom is -0.467 e. The van der Waals surface area contributed by atoms with E-state index in [-0.39, 0.29) is 12.5 Å². The molecular weight excluding hydrogens is 382 g/mol. The average molecular weight is 406 g/mol. The van der Waals surface area contributed by atoms with Crippen molar-refractivity contribution < 1.29 is 9.53 Å². The quantitative estimate of drug-likeness (QED) is 0.658. The molecule has 1 amide bonds. The molecule has 25 heavy (non-hydrogen) atoms.